The third-order valence-corrected chi connectivity index (χ3v) is 4.67. The minimum Gasteiger partial charge on any atom is -0.493 e. The highest BCUT2D eigenvalue weighted by atomic mass is 16.5. The van der Waals surface area contributed by atoms with Crippen LogP contribution < -0.4 is 14.8 Å². The Labute approximate surface area is 137 Å². The Hall–Kier alpha value is -2.07. The summed E-state index contributed by atoms with van der Waals surface area (Å²) in [6, 6.07) is 10.5. The van der Waals surface area contributed by atoms with Crippen molar-refractivity contribution < 1.29 is 9.47 Å². The Kier molecular flexibility index (Phi) is 5.13. The first-order valence-corrected chi connectivity index (χ1v) is 8.16. The van der Waals surface area contributed by atoms with Crippen LogP contribution in [0.5, 0.6) is 11.5 Å². The van der Waals surface area contributed by atoms with Gasteiger partial charge in [0.05, 0.1) is 14.2 Å². The first kappa shape index (κ1) is 15.8. The second kappa shape index (κ2) is 7.47. The number of nitrogens with zero attached hydrogens (tertiary/aromatic N) is 1. The standard InChI is InChI=1S/C19H24N2O2/c1-22-17-6-5-15(12-18(17)23-2)19(14-7-10-20-11-8-14)16-4-3-9-21-13-16/h3-6,9,12-14,19-20H,7-8,10-11H2,1-2H3. The first-order chi connectivity index (χ1) is 11.3. The Morgan fingerprint density at radius 2 is 1.83 bits per heavy atom. The fourth-order valence-electron chi connectivity index (χ4n) is 3.52. The second-order valence-electron chi connectivity index (χ2n) is 5.97. The van der Waals surface area contributed by atoms with Crippen LogP contribution in [0.1, 0.15) is 29.9 Å². The van der Waals surface area contributed by atoms with Gasteiger partial charge in [-0.05, 0) is 61.2 Å². The lowest BCUT2D eigenvalue weighted by Crippen LogP contribution is -2.31. The molecular weight excluding hydrogens is 288 g/mol. The molecule has 23 heavy (non-hydrogen) atoms. The molecule has 1 aliphatic rings. The smallest absolute Gasteiger partial charge is 0.161 e. The lowest BCUT2D eigenvalue weighted by Gasteiger charge is -2.31. The summed E-state index contributed by atoms with van der Waals surface area (Å²) in [6.07, 6.45) is 6.17. The van der Waals surface area contributed by atoms with Gasteiger partial charge >= 0.3 is 0 Å². The van der Waals surface area contributed by atoms with Crippen LogP contribution >= 0.6 is 0 Å². The van der Waals surface area contributed by atoms with E-state index in [1.165, 1.54) is 24.0 Å². The molecular formula is C19H24N2O2. The van der Waals surface area contributed by atoms with Crippen molar-refractivity contribution in [3.8, 4) is 11.5 Å². The van der Waals surface area contributed by atoms with Gasteiger partial charge in [0.15, 0.2) is 11.5 Å². The molecule has 1 fully saturated rings. The van der Waals surface area contributed by atoms with Gasteiger partial charge in [0.2, 0.25) is 0 Å². The van der Waals surface area contributed by atoms with Gasteiger partial charge in [-0.2, -0.15) is 0 Å². The summed E-state index contributed by atoms with van der Waals surface area (Å²) in [5.74, 6) is 2.50. The molecule has 0 saturated carbocycles. The van der Waals surface area contributed by atoms with Gasteiger partial charge in [-0.15, -0.1) is 0 Å². The lowest BCUT2D eigenvalue weighted by atomic mass is 9.77. The van der Waals surface area contributed by atoms with Crippen LogP contribution in [0.4, 0.5) is 0 Å². The number of piperidine rings is 1. The van der Waals surface area contributed by atoms with E-state index < -0.39 is 0 Å². The largest absolute Gasteiger partial charge is 0.493 e. The molecule has 0 radical (unpaired) electrons. The molecule has 3 rings (SSSR count). The zero-order valence-corrected chi connectivity index (χ0v) is 13.8. The molecule has 122 valence electrons. The SMILES string of the molecule is COc1ccc(C(c2cccnc2)C2CCNCC2)cc1OC. The number of methoxy groups -OCH3 is 2. The highest BCUT2D eigenvalue weighted by Crippen LogP contribution is 2.39. The highest BCUT2D eigenvalue weighted by molar-refractivity contribution is 5.46. The van der Waals surface area contributed by atoms with Gasteiger partial charge in [0.25, 0.3) is 0 Å². The van der Waals surface area contributed by atoms with Crippen LogP contribution in [-0.2, 0) is 0 Å². The predicted molar refractivity (Wildman–Crippen MR) is 91.2 cm³/mol. The maximum absolute atomic E-state index is 5.50. The summed E-state index contributed by atoms with van der Waals surface area (Å²) >= 11 is 0. The topological polar surface area (TPSA) is 43.4 Å². The molecule has 1 atom stereocenters. The number of rotatable bonds is 5. The van der Waals surface area contributed by atoms with E-state index in [0.717, 1.165) is 24.6 Å². The first-order valence-electron chi connectivity index (χ1n) is 8.16. The molecule has 1 aromatic carbocycles. The van der Waals surface area contributed by atoms with E-state index in [9.17, 15) is 0 Å². The summed E-state index contributed by atoms with van der Waals surface area (Å²) < 4.78 is 10.9. The number of hydrogen-bond donors (Lipinski definition) is 1. The summed E-state index contributed by atoms with van der Waals surface area (Å²) in [5, 5.41) is 3.45. The van der Waals surface area contributed by atoms with E-state index >= 15 is 0 Å². The highest BCUT2D eigenvalue weighted by Gasteiger charge is 2.27. The Balaban J connectivity index is 2.01. The van der Waals surface area contributed by atoms with Gasteiger partial charge in [0, 0.05) is 18.3 Å². The Morgan fingerprint density at radius 1 is 1.04 bits per heavy atom. The quantitative estimate of drug-likeness (QED) is 0.920. The molecule has 1 aliphatic heterocycles. The van der Waals surface area contributed by atoms with Crippen molar-refractivity contribution in [1.82, 2.24) is 10.3 Å². The Morgan fingerprint density at radius 3 is 2.48 bits per heavy atom. The van der Waals surface area contributed by atoms with Crippen molar-refractivity contribution in [1.29, 1.82) is 0 Å². The van der Waals surface area contributed by atoms with E-state index in [-0.39, 0.29) is 0 Å². The molecule has 0 bridgehead atoms. The normalized spacial score (nSPS) is 16.8. The Bertz CT molecular complexity index is 625. The summed E-state index contributed by atoms with van der Waals surface area (Å²) in [5.41, 5.74) is 2.54. The predicted octanol–water partition coefficient (Wildman–Crippen LogP) is 3.23. The number of pyridine rings is 1. The number of aromatic nitrogens is 1. The summed E-state index contributed by atoms with van der Waals surface area (Å²) in [7, 11) is 3.36. The van der Waals surface area contributed by atoms with E-state index in [0.29, 0.717) is 11.8 Å². The van der Waals surface area contributed by atoms with Crippen LogP contribution in [0.3, 0.4) is 0 Å². The number of ether oxygens (including phenoxy) is 2. The average molecular weight is 312 g/mol. The van der Waals surface area contributed by atoms with Crippen LogP contribution in [0.2, 0.25) is 0 Å². The molecule has 0 aliphatic carbocycles. The van der Waals surface area contributed by atoms with Gasteiger partial charge in [0.1, 0.15) is 0 Å². The fraction of sp³-hybridized carbons (Fsp3) is 0.421. The second-order valence-corrected chi connectivity index (χ2v) is 5.97. The minimum atomic E-state index is 0.339. The zero-order chi connectivity index (χ0) is 16.1. The molecule has 1 unspecified atom stereocenters. The molecule has 4 heteroatoms. The molecule has 1 aromatic heterocycles. The van der Waals surface area contributed by atoms with E-state index in [2.05, 4.69) is 28.5 Å². The third kappa shape index (κ3) is 3.48. The van der Waals surface area contributed by atoms with E-state index in [4.69, 9.17) is 9.47 Å². The van der Waals surface area contributed by atoms with Gasteiger partial charge < -0.3 is 14.8 Å². The van der Waals surface area contributed by atoms with Crippen molar-refractivity contribution in [2.75, 3.05) is 27.3 Å². The maximum atomic E-state index is 5.50. The molecule has 4 nitrogen and oxygen atoms in total. The number of nitrogens with one attached hydrogen (secondary N) is 1. The van der Waals surface area contributed by atoms with E-state index in [1.54, 1.807) is 14.2 Å². The van der Waals surface area contributed by atoms with Gasteiger partial charge in [-0.1, -0.05) is 12.1 Å². The van der Waals surface area contributed by atoms with Crippen LogP contribution in [0, 0.1) is 5.92 Å². The van der Waals surface area contributed by atoms with E-state index in [1.807, 2.05) is 24.5 Å². The molecule has 2 aromatic rings. The molecule has 2 heterocycles. The number of benzene rings is 1. The van der Waals surface area contributed by atoms with Crippen molar-refractivity contribution in [2.45, 2.75) is 18.8 Å². The van der Waals surface area contributed by atoms with Crippen molar-refractivity contribution in [3.63, 3.8) is 0 Å². The van der Waals surface area contributed by atoms with Crippen LogP contribution in [0.25, 0.3) is 0 Å². The van der Waals surface area contributed by atoms with Crippen molar-refractivity contribution in [3.05, 3.63) is 53.9 Å². The summed E-state index contributed by atoms with van der Waals surface area (Å²) in [6.45, 7) is 2.16. The third-order valence-electron chi connectivity index (χ3n) is 4.67. The van der Waals surface area contributed by atoms with Gasteiger partial charge in [-0.3, -0.25) is 4.98 Å². The molecule has 0 spiro atoms. The lowest BCUT2D eigenvalue weighted by molar-refractivity contribution is 0.337. The zero-order valence-electron chi connectivity index (χ0n) is 13.8. The van der Waals surface area contributed by atoms with Crippen LogP contribution in [0.15, 0.2) is 42.7 Å². The fourth-order valence-corrected chi connectivity index (χ4v) is 3.52. The minimum absolute atomic E-state index is 0.339. The molecule has 0 amide bonds. The van der Waals surface area contributed by atoms with Crippen molar-refractivity contribution in [2.24, 2.45) is 5.92 Å². The van der Waals surface area contributed by atoms with Crippen molar-refractivity contribution >= 4 is 0 Å². The molecule has 1 saturated heterocycles. The average Bonchev–Trinajstić information content (AvgIpc) is 2.63. The number of hydrogen-bond acceptors (Lipinski definition) is 4. The van der Waals surface area contributed by atoms with Crippen LogP contribution in [-0.4, -0.2) is 32.3 Å². The summed E-state index contributed by atoms with van der Waals surface area (Å²) in [4.78, 5) is 4.33. The maximum Gasteiger partial charge on any atom is 0.161 e. The van der Waals surface area contributed by atoms with Gasteiger partial charge in [-0.25, -0.2) is 0 Å². The monoisotopic (exact) mass is 312 g/mol. The molecule has 1 N–H and O–H groups in total.